The van der Waals surface area contributed by atoms with Gasteiger partial charge in [0.25, 0.3) is 5.78 Å². The molecule has 3 aromatic heterocycles. The Hall–Kier alpha value is -1.73. The first kappa shape index (κ1) is 14.8. The van der Waals surface area contributed by atoms with Crippen molar-refractivity contribution < 1.29 is 4.79 Å². The molecule has 4 rings (SSSR count). The maximum absolute atomic E-state index is 12.5. The molecule has 3 heterocycles. The van der Waals surface area contributed by atoms with Crippen molar-refractivity contribution in [1.29, 1.82) is 0 Å². The van der Waals surface area contributed by atoms with Gasteiger partial charge in [0.05, 0.1) is 11.3 Å². The number of nitrogens with zero attached hydrogens (tertiary/aromatic N) is 4. The minimum atomic E-state index is 0.150. The van der Waals surface area contributed by atoms with Crippen molar-refractivity contribution in [2.45, 2.75) is 37.3 Å². The Morgan fingerprint density at radius 3 is 3.09 bits per heavy atom. The molecule has 0 amide bonds. The van der Waals surface area contributed by atoms with Crippen LogP contribution in [0.25, 0.3) is 5.78 Å². The lowest BCUT2D eigenvalue weighted by Gasteiger charge is -2.21. The summed E-state index contributed by atoms with van der Waals surface area (Å²) in [6, 6.07) is 4.13. The summed E-state index contributed by atoms with van der Waals surface area (Å²) in [5.41, 5.74) is 1.55. The summed E-state index contributed by atoms with van der Waals surface area (Å²) in [7, 11) is 0. The number of rotatable bonds is 4. The van der Waals surface area contributed by atoms with Crippen molar-refractivity contribution in [3.05, 3.63) is 39.8 Å². The Bertz CT molecular complexity index is 856. The number of aromatic nitrogens is 4. The predicted octanol–water partition coefficient (Wildman–Crippen LogP) is 3.60. The summed E-state index contributed by atoms with van der Waals surface area (Å²) in [4.78, 5) is 22.8. The molecule has 0 saturated heterocycles. The minimum absolute atomic E-state index is 0.150. The molecule has 0 fully saturated rings. The van der Waals surface area contributed by atoms with Gasteiger partial charge in [-0.1, -0.05) is 24.8 Å². The highest BCUT2D eigenvalue weighted by atomic mass is 32.2. The van der Waals surface area contributed by atoms with E-state index in [1.807, 2.05) is 6.07 Å². The van der Waals surface area contributed by atoms with Crippen LogP contribution in [-0.2, 0) is 6.42 Å². The van der Waals surface area contributed by atoms with E-state index in [1.165, 1.54) is 4.88 Å². The first-order valence-corrected chi connectivity index (χ1v) is 9.57. The molecule has 1 aliphatic rings. The predicted molar refractivity (Wildman–Crippen MR) is 91.5 cm³/mol. The van der Waals surface area contributed by atoms with Crippen molar-refractivity contribution in [2.75, 3.05) is 5.75 Å². The molecule has 7 heteroatoms. The topological polar surface area (TPSA) is 60.1 Å². The van der Waals surface area contributed by atoms with Gasteiger partial charge in [-0.3, -0.25) is 4.79 Å². The monoisotopic (exact) mass is 344 g/mol. The molecule has 5 nitrogen and oxygen atoms in total. The minimum Gasteiger partial charge on any atom is -0.294 e. The normalized spacial score (nSPS) is 17.6. The fourth-order valence-electron chi connectivity index (χ4n) is 2.84. The summed E-state index contributed by atoms with van der Waals surface area (Å²) in [6.45, 7) is 2.13. The number of thioether (sulfide) groups is 1. The zero-order chi connectivity index (χ0) is 15.8. The quantitative estimate of drug-likeness (QED) is 0.677. The Morgan fingerprint density at radius 1 is 1.39 bits per heavy atom. The van der Waals surface area contributed by atoms with E-state index in [1.54, 1.807) is 33.8 Å². The number of thiophene rings is 1. The zero-order valence-electron chi connectivity index (χ0n) is 12.7. The fourth-order valence-corrected chi connectivity index (χ4v) is 4.35. The van der Waals surface area contributed by atoms with Gasteiger partial charge < -0.3 is 0 Å². The molecule has 3 aromatic rings. The standard InChI is InChI=1S/C16H16N4OS2/c1-2-5-23-16-18-15-17-12-7-10(14-4-3-6-22-14)8-13(21)11(12)9-20(15)19-16/h3-4,6,9-10H,2,5,7-8H2,1H3. The van der Waals surface area contributed by atoms with Gasteiger partial charge in [-0.15, -0.1) is 16.4 Å². The van der Waals surface area contributed by atoms with Crippen molar-refractivity contribution in [3.8, 4) is 0 Å². The Balaban J connectivity index is 1.70. The highest BCUT2D eigenvalue weighted by Gasteiger charge is 2.29. The number of carbonyl (C=O) groups excluding carboxylic acids is 1. The summed E-state index contributed by atoms with van der Waals surface area (Å²) in [5, 5.41) is 7.20. The third-order valence-electron chi connectivity index (χ3n) is 3.94. The molecule has 0 saturated carbocycles. The summed E-state index contributed by atoms with van der Waals surface area (Å²) in [6.07, 6.45) is 4.22. The molecule has 118 valence electrons. The second-order valence-corrected chi connectivity index (χ2v) is 7.67. The molecule has 23 heavy (non-hydrogen) atoms. The molecule has 0 aromatic carbocycles. The molecule has 0 bridgehead atoms. The van der Waals surface area contributed by atoms with Crippen LogP contribution in [0, 0.1) is 0 Å². The van der Waals surface area contributed by atoms with Crippen LogP contribution in [0.15, 0.2) is 28.9 Å². The Morgan fingerprint density at radius 2 is 2.30 bits per heavy atom. The van der Waals surface area contributed by atoms with Crippen LogP contribution >= 0.6 is 23.1 Å². The molecule has 0 radical (unpaired) electrons. The van der Waals surface area contributed by atoms with Crippen molar-refractivity contribution in [3.63, 3.8) is 0 Å². The second kappa shape index (κ2) is 6.05. The maximum Gasteiger partial charge on any atom is 0.253 e. The smallest absolute Gasteiger partial charge is 0.253 e. The number of ketones is 1. The van der Waals surface area contributed by atoms with Gasteiger partial charge >= 0.3 is 0 Å². The van der Waals surface area contributed by atoms with E-state index in [4.69, 9.17) is 0 Å². The van der Waals surface area contributed by atoms with E-state index in [-0.39, 0.29) is 11.7 Å². The molecule has 1 atom stereocenters. The number of carbonyl (C=O) groups is 1. The van der Waals surface area contributed by atoms with Gasteiger partial charge in [0.1, 0.15) is 0 Å². The van der Waals surface area contributed by atoms with E-state index in [0.717, 1.165) is 29.4 Å². The highest BCUT2D eigenvalue weighted by molar-refractivity contribution is 7.99. The van der Waals surface area contributed by atoms with E-state index >= 15 is 0 Å². The number of fused-ring (bicyclic) bond motifs is 2. The van der Waals surface area contributed by atoms with Gasteiger partial charge in [-0.25, -0.2) is 9.50 Å². The summed E-state index contributed by atoms with van der Waals surface area (Å²) in [5.74, 6) is 1.96. The first-order valence-electron chi connectivity index (χ1n) is 7.70. The van der Waals surface area contributed by atoms with Gasteiger partial charge in [-0.2, -0.15) is 4.98 Å². The first-order chi connectivity index (χ1) is 11.2. The second-order valence-electron chi connectivity index (χ2n) is 5.63. The van der Waals surface area contributed by atoms with Gasteiger partial charge in [-0.05, 0) is 24.3 Å². The van der Waals surface area contributed by atoms with Gasteiger partial charge in [0.2, 0.25) is 5.16 Å². The van der Waals surface area contributed by atoms with Crippen LogP contribution in [0.3, 0.4) is 0 Å². The third kappa shape index (κ3) is 2.79. The molecule has 0 spiro atoms. The Labute approximate surface area is 142 Å². The van der Waals surface area contributed by atoms with Crippen molar-refractivity contribution in [1.82, 2.24) is 19.6 Å². The van der Waals surface area contributed by atoms with E-state index in [2.05, 4.69) is 33.4 Å². The molecule has 0 N–H and O–H groups in total. The average Bonchev–Trinajstić information content (AvgIpc) is 3.20. The number of Topliss-reactive ketones (excluding diaryl/α,β-unsaturated/α-hetero) is 1. The number of hydrogen-bond acceptors (Lipinski definition) is 6. The fraction of sp³-hybridized carbons (Fsp3) is 0.375. The molecular weight excluding hydrogens is 328 g/mol. The van der Waals surface area contributed by atoms with Crippen LogP contribution in [0.2, 0.25) is 0 Å². The lowest BCUT2D eigenvalue weighted by Crippen LogP contribution is -2.20. The SMILES string of the molecule is CCCSc1nc2nc3c(cn2n1)C(=O)CC(c1cccs1)C3. The molecular formula is C16H16N4OS2. The zero-order valence-corrected chi connectivity index (χ0v) is 14.4. The molecule has 1 aliphatic carbocycles. The summed E-state index contributed by atoms with van der Waals surface area (Å²) >= 11 is 3.33. The van der Waals surface area contributed by atoms with Crippen molar-refractivity contribution >= 4 is 34.7 Å². The Kier molecular flexibility index (Phi) is 3.90. The molecule has 0 aliphatic heterocycles. The van der Waals surface area contributed by atoms with Crippen molar-refractivity contribution in [2.24, 2.45) is 0 Å². The van der Waals surface area contributed by atoms with Crippen LogP contribution in [0.1, 0.15) is 46.6 Å². The van der Waals surface area contributed by atoms with E-state index < -0.39 is 0 Å². The highest BCUT2D eigenvalue weighted by Crippen LogP contribution is 2.34. The summed E-state index contributed by atoms with van der Waals surface area (Å²) < 4.78 is 1.64. The maximum atomic E-state index is 12.5. The van der Waals surface area contributed by atoms with Gasteiger partial charge in [0.15, 0.2) is 5.78 Å². The lowest BCUT2D eigenvalue weighted by molar-refractivity contribution is 0.0963. The van der Waals surface area contributed by atoms with Crippen LogP contribution in [-0.4, -0.2) is 31.1 Å². The lowest BCUT2D eigenvalue weighted by atomic mass is 9.86. The largest absolute Gasteiger partial charge is 0.294 e. The molecule has 1 unspecified atom stereocenters. The van der Waals surface area contributed by atoms with E-state index in [0.29, 0.717) is 17.8 Å². The van der Waals surface area contributed by atoms with Crippen LogP contribution < -0.4 is 0 Å². The third-order valence-corrected chi connectivity index (χ3v) is 6.02. The van der Waals surface area contributed by atoms with Gasteiger partial charge in [0, 0.05) is 29.2 Å². The average molecular weight is 344 g/mol. The van der Waals surface area contributed by atoms with Crippen LogP contribution in [0.4, 0.5) is 0 Å². The van der Waals surface area contributed by atoms with E-state index in [9.17, 15) is 4.79 Å². The number of hydrogen-bond donors (Lipinski definition) is 0. The van der Waals surface area contributed by atoms with Crippen LogP contribution in [0.5, 0.6) is 0 Å².